The number of aromatic carboxylic acids is 1. The molecular formula is C16H23NO3. The summed E-state index contributed by atoms with van der Waals surface area (Å²) in [5, 5.41) is 18.9. The molecule has 1 aromatic carbocycles. The molecule has 1 unspecified atom stereocenters. The zero-order valence-electron chi connectivity index (χ0n) is 12.0. The van der Waals surface area contributed by atoms with Crippen molar-refractivity contribution in [1.29, 1.82) is 0 Å². The fraction of sp³-hybridized carbons (Fsp3) is 0.562. The van der Waals surface area contributed by atoms with Gasteiger partial charge in [0, 0.05) is 12.1 Å². The second-order valence-electron chi connectivity index (χ2n) is 5.66. The molecule has 1 fully saturated rings. The quantitative estimate of drug-likeness (QED) is 0.838. The molecule has 0 saturated carbocycles. The smallest absolute Gasteiger partial charge is 0.335 e. The van der Waals surface area contributed by atoms with E-state index in [1.54, 1.807) is 18.2 Å². The van der Waals surface area contributed by atoms with Gasteiger partial charge >= 0.3 is 5.97 Å². The van der Waals surface area contributed by atoms with Crippen LogP contribution in [0.2, 0.25) is 0 Å². The van der Waals surface area contributed by atoms with Crippen LogP contribution in [0.1, 0.15) is 48.5 Å². The average Bonchev–Trinajstić information content (AvgIpc) is 2.83. The average molecular weight is 277 g/mol. The monoisotopic (exact) mass is 277 g/mol. The van der Waals surface area contributed by atoms with Gasteiger partial charge in [-0.05, 0) is 43.5 Å². The molecule has 20 heavy (non-hydrogen) atoms. The molecule has 0 spiro atoms. The van der Waals surface area contributed by atoms with Crippen molar-refractivity contribution < 1.29 is 15.0 Å². The van der Waals surface area contributed by atoms with Crippen molar-refractivity contribution in [2.24, 2.45) is 0 Å². The van der Waals surface area contributed by atoms with Gasteiger partial charge in [0.15, 0.2) is 0 Å². The third-order valence-electron chi connectivity index (χ3n) is 4.30. The highest BCUT2D eigenvalue weighted by molar-refractivity contribution is 5.87. The molecule has 1 aliphatic rings. The number of likely N-dealkylation sites (tertiary alicyclic amines) is 1. The molecule has 0 bridgehead atoms. The Hall–Kier alpha value is -1.39. The van der Waals surface area contributed by atoms with Crippen LogP contribution in [0.15, 0.2) is 24.3 Å². The first kappa shape index (κ1) is 15.0. The molecule has 110 valence electrons. The summed E-state index contributed by atoms with van der Waals surface area (Å²) in [6, 6.07) is 7.09. The number of aliphatic hydroxyl groups excluding tert-OH is 1. The first-order valence-corrected chi connectivity index (χ1v) is 7.29. The molecule has 0 radical (unpaired) electrons. The van der Waals surface area contributed by atoms with Gasteiger partial charge in [-0.15, -0.1) is 0 Å². The summed E-state index contributed by atoms with van der Waals surface area (Å²) in [7, 11) is 0. The lowest BCUT2D eigenvalue weighted by atomic mass is 9.91. The molecule has 4 heteroatoms. The Morgan fingerprint density at radius 2 is 2.25 bits per heavy atom. The van der Waals surface area contributed by atoms with Crippen molar-refractivity contribution >= 4 is 5.97 Å². The zero-order chi connectivity index (χ0) is 14.6. The molecule has 1 saturated heterocycles. The van der Waals surface area contributed by atoms with Crippen molar-refractivity contribution in [1.82, 2.24) is 4.90 Å². The number of aliphatic hydroxyl groups is 1. The summed E-state index contributed by atoms with van der Waals surface area (Å²) in [6.07, 6.45) is 4.16. The van der Waals surface area contributed by atoms with E-state index in [0.717, 1.165) is 37.8 Å². The van der Waals surface area contributed by atoms with Crippen molar-refractivity contribution in [2.45, 2.75) is 44.7 Å². The molecule has 0 aliphatic carbocycles. The van der Waals surface area contributed by atoms with Crippen molar-refractivity contribution in [3.8, 4) is 0 Å². The number of rotatable bonds is 6. The van der Waals surface area contributed by atoms with E-state index in [0.29, 0.717) is 12.1 Å². The van der Waals surface area contributed by atoms with Crippen LogP contribution >= 0.6 is 0 Å². The Morgan fingerprint density at radius 1 is 1.45 bits per heavy atom. The van der Waals surface area contributed by atoms with Crippen LogP contribution in [0.4, 0.5) is 0 Å². The lowest BCUT2D eigenvalue weighted by Crippen LogP contribution is -2.46. The Labute approximate surface area is 120 Å². The van der Waals surface area contributed by atoms with Crippen molar-refractivity contribution in [3.05, 3.63) is 35.4 Å². The topological polar surface area (TPSA) is 60.8 Å². The van der Waals surface area contributed by atoms with E-state index in [2.05, 4.69) is 11.8 Å². The lowest BCUT2D eigenvalue weighted by Gasteiger charge is -2.37. The van der Waals surface area contributed by atoms with Gasteiger partial charge in [-0.1, -0.05) is 25.5 Å². The summed E-state index contributed by atoms with van der Waals surface area (Å²) in [4.78, 5) is 13.3. The summed E-state index contributed by atoms with van der Waals surface area (Å²) < 4.78 is 0. The van der Waals surface area contributed by atoms with Gasteiger partial charge in [-0.25, -0.2) is 4.79 Å². The number of hydrogen-bond acceptors (Lipinski definition) is 3. The van der Waals surface area contributed by atoms with Crippen LogP contribution < -0.4 is 0 Å². The molecule has 1 heterocycles. The van der Waals surface area contributed by atoms with E-state index in [1.807, 2.05) is 6.07 Å². The number of hydrogen-bond donors (Lipinski definition) is 2. The number of carboxylic acids is 1. The Bertz CT molecular complexity index is 475. The highest BCUT2D eigenvalue weighted by Gasteiger charge is 2.39. The number of benzene rings is 1. The number of carboxylic acid groups (broad SMARTS) is 1. The predicted octanol–water partition coefficient (Wildman–Crippen LogP) is 2.51. The minimum atomic E-state index is -0.893. The predicted molar refractivity (Wildman–Crippen MR) is 77.8 cm³/mol. The van der Waals surface area contributed by atoms with Gasteiger partial charge in [0.25, 0.3) is 0 Å². The molecule has 0 amide bonds. The van der Waals surface area contributed by atoms with E-state index in [4.69, 9.17) is 5.11 Å². The Kier molecular flexibility index (Phi) is 4.78. The Morgan fingerprint density at radius 3 is 2.90 bits per heavy atom. The summed E-state index contributed by atoms with van der Waals surface area (Å²) in [5.41, 5.74) is 1.21. The SMILES string of the molecule is CCCC1(CO)CCCN1Cc1cccc(C(=O)O)c1. The highest BCUT2D eigenvalue weighted by Crippen LogP contribution is 2.34. The van der Waals surface area contributed by atoms with Crippen LogP contribution in [0.5, 0.6) is 0 Å². The third-order valence-corrected chi connectivity index (χ3v) is 4.30. The summed E-state index contributed by atoms with van der Waals surface area (Å²) in [6.45, 7) is 4.00. The second-order valence-corrected chi connectivity index (χ2v) is 5.66. The van der Waals surface area contributed by atoms with E-state index in [-0.39, 0.29) is 12.1 Å². The first-order valence-electron chi connectivity index (χ1n) is 7.29. The maximum Gasteiger partial charge on any atom is 0.335 e. The molecule has 2 N–H and O–H groups in total. The van der Waals surface area contributed by atoms with Gasteiger partial charge in [-0.3, -0.25) is 4.90 Å². The van der Waals surface area contributed by atoms with Crippen LogP contribution in [0, 0.1) is 0 Å². The fourth-order valence-corrected chi connectivity index (χ4v) is 3.27. The van der Waals surface area contributed by atoms with Crippen molar-refractivity contribution in [2.75, 3.05) is 13.2 Å². The summed E-state index contributed by atoms with van der Waals surface area (Å²) >= 11 is 0. The van der Waals surface area contributed by atoms with Gasteiger partial charge in [-0.2, -0.15) is 0 Å². The highest BCUT2D eigenvalue weighted by atomic mass is 16.4. The molecule has 0 aromatic heterocycles. The largest absolute Gasteiger partial charge is 0.478 e. The van der Waals surface area contributed by atoms with Gasteiger partial charge < -0.3 is 10.2 Å². The molecule has 1 aromatic rings. The van der Waals surface area contributed by atoms with Crippen LogP contribution in [0.3, 0.4) is 0 Å². The number of nitrogens with zero attached hydrogens (tertiary/aromatic N) is 1. The van der Waals surface area contributed by atoms with Gasteiger partial charge in [0.1, 0.15) is 0 Å². The maximum atomic E-state index is 11.0. The summed E-state index contributed by atoms with van der Waals surface area (Å²) in [5.74, 6) is -0.893. The fourth-order valence-electron chi connectivity index (χ4n) is 3.27. The number of carbonyl (C=O) groups is 1. The molecule has 2 rings (SSSR count). The van der Waals surface area contributed by atoms with Crippen molar-refractivity contribution in [3.63, 3.8) is 0 Å². The molecule has 4 nitrogen and oxygen atoms in total. The molecule has 1 aliphatic heterocycles. The minimum absolute atomic E-state index is 0.117. The maximum absolute atomic E-state index is 11.0. The first-order chi connectivity index (χ1) is 9.61. The third kappa shape index (κ3) is 3.02. The van der Waals surface area contributed by atoms with E-state index in [1.165, 1.54) is 0 Å². The van der Waals surface area contributed by atoms with Gasteiger partial charge in [0.2, 0.25) is 0 Å². The lowest BCUT2D eigenvalue weighted by molar-refractivity contribution is 0.0502. The van der Waals surface area contributed by atoms with E-state index >= 15 is 0 Å². The Balaban J connectivity index is 2.16. The second kappa shape index (κ2) is 6.37. The van der Waals surface area contributed by atoms with Crippen LogP contribution in [0.25, 0.3) is 0 Å². The molecular weight excluding hydrogens is 254 g/mol. The van der Waals surface area contributed by atoms with E-state index < -0.39 is 5.97 Å². The standard InChI is InChI=1S/C16H23NO3/c1-2-7-16(12-18)8-4-9-17(16)11-13-5-3-6-14(10-13)15(19)20/h3,5-6,10,18H,2,4,7-9,11-12H2,1H3,(H,19,20). The van der Waals surface area contributed by atoms with Crippen LogP contribution in [-0.2, 0) is 6.54 Å². The van der Waals surface area contributed by atoms with Gasteiger partial charge in [0.05, 0.1) is 12.2 Å². The molecule has 1 atom stereocenters. The van der Waals surface area contributed by atoms with E-state index in [9.17, 15) is 9.90 Å². The zero-order valence-corrected chi connectivity index (χ0v) is 12.0. The normalized spacial score (nSPS) is 23.1. The minimum Gasteiger partial charge on any atom is -0.478 e. The van der Waals surface area contributed by atoms with Crippen LogP contribution in [-0.4, -0.2) is 39.8 Å².